The summed E-state index contributed by atoms with van der Waals surface area (Å²) in [6.07, 6.45) is 4.37. The van der Waals surface area contributed by atoms with Gasteiger partial charge in [0.25, 0.3) is 5.91 Å². The van der Waals surface area contributed by atoms with Crippen molar-refractivity contribution in [2.45, 2.75) is 59.0 Å². The van der Waals surface area contributed by atoms with Gasteiger partial charge in [0.1, 0.15) is 18.0 Å². The van der Waals surface area contributed by atoms with Crippen LogP contribution >= 0.6 is 0 Å². The molecule has 0 unspecified atom stereocenters. The third-order valence-electron chi connectivity index (χ3n) is 6.15. The van der Waals surface area contributed by atoms with Crippen molar-refractivity contribution >= 4 is 11.6 Å². The van der Waals surface area contributed by atoms with Crippen LogP contribution in [0.2, 0.25) is 0 Å². The fraction of sp³-hybridized carbons (Fsp3) is 0.708. The van der Waals surface area contributed by atoms with Crippen LogP contribution in [0.4, 0.5) is 5.69 Å². The predicted octanol–water partition coefficient (Wildman–Crippen LogP) is 4.58. The maximum Gasteiger partial charge on any atom is 0.256 e. The number of rotatable bonds is 10. The number of amides is 1. The first-order valence-corrected chi connectivity index (χ1v) is 11.3. The molecule has 0 aromatic heterocycles. The van der Waals surface area contributed by atoms with Crippen molar-refractivity contribution in [3.8, 4) is 5.75 Å². The highest BCUT2D eigenvalue weighted by atomic mass is 16.5. The summed E-state index contributed by atoms with van der Waals surface area (Å²) >= 11 is 0. The molecular weight excluding hydrogens is 364 g/mol. The summed E-state index contributed by atoms with van der Waals surface area (Å²) in [4.78, 5) is 15.3. The maximum atomic E-state index is 12.8. The largest absolute Gasteiger partial charge is 0.492 e. The van der Waals surface area contributed by atoms with Gasteiger partial charge in [0, 0.05) is 31.9 Å². The van der Waals surface area contributed by atoms with Gasteiger partial charge in [-0.15, -0.1) is 0 Å². The zero-order chi connectivity index (χ0) is 20.9. The Hall–Kier alpha value is -1.59. The van der Waals surface area contributed by atoms with Crippen molar-refractivity contribution in [3.05, 3.63) is 24.3 Å². The summed E-state index contributed by atoms with van der Waals surface area (Å²) in [5.41, 5.74) is 0.0569. The van der Waals surface area contributed by atoms with Crippen molar-refractivity contribution < 1.29 is 14.3 Å². The summed E-state index contributed by atoms with van der Waals surface area (Å²) < 4.78 is 11.9. The second kappa shape index (κ2) is 9.94. The third kappa shape index (κ3) is 6.19. The van der Waals surface area contributed by atoms with E-state index in [2.05, 4.69) is 31.0 Å². The average Bonchev–Trinajstić information content (AvgIpc) is 3.52. The number of carbonyl (C=O) groups excluding carboxylic acids is 1. The van der Waals surface area contributed by atoms with Gasteiger partial charge >= 0.3 is 0 Å². The van der Waals surface area contributed by atoms with Crippen molar-refractivity contribution in [1.82, 2.24) is 4.90 Å². The number of piperidine rings is 1. The molecule has 0 bridgehead atoms. The first-order valence-electron chi connectivity index (χ1n) is 11.3. The quantitative estimate of drug-likeness (QED) is 0.622. The van der Waals surface area contributed by atoms with Crippen LogP contribution in [0, 0.1) is 17.8 Å². The van der Waals surface area contributed by atoms with Gasteiger partial charge in [0.05, 0.1) is 0 Å². The van der Waals surface area contributed by atoms with E-state index in [0.29, 0.717) is 19.1 Å². The van der Waals surface area contributed by atoms with Crippen LogP contribution < -0.4 is 10.1 Å². The Morgan fingerprint density at radius 2 is 1.79 bits per heavy atom. The highest BCUT2D eigenvalue weighted by molar-refractivity contribution is 5.97. The van der Waals surface area contributed by atoms with E-state index < -0.39 is 5.60 Å². The normalized spacial score (nSPS) is 24.7. The minimum Gasteiger partial charge on any atom is -0.492 e. The average molecular weight is 403 g/mol. The van der Waals surface area contributed by atoms with Crippen LogP contribution in [0.15, 0.2) is 24.3 Å². The van der Waals surface area contributed by atoms with Crippen LogP contribution in [0.25, 0.3) is 0 Å². The molecular formula is C24H38N2O3. The number of hydrogen-bond acceptors (Lipinski definition) is 4. The van der Waals surface area contributed by atoms with E-state index in [-0.39, 0.29) is 5.91 Å². The molecule has 2 fully saturated rings. The fourth-order valence-electron chi connectivity index (χ4n) is 4.47. The minimum atomic E-state index is -0.728. The lowest BCUT2D eigenvalue weighted by molar-refractivity contribution is -0.142. The van der Waals surface area contributed by atoms with Crippen molar-refractivity contribution in [1.29, 1.82) is 0 Å². The van der Waals surface area contributed by atoms with Gasteiger partial charge in [-0.05, 0) is 74.6 Å². The van der Waals surface area contributed by atoms with Crippen molar-refractivity contribution in [2.24, 2.45) is 17.8 Å². The van der Waals surface area contributed by atoms with Crippen LogP contribution in [0.5, 0.6) is 5.75 Å². The van der Waals surface area contributed by atoms with E-state index >= 15 is 0 Å². The molecule has 1 aromatic rings. The molecule has 29 heavy (non-hydrogen) atoms. The number of nitrogens with zero attached hydrogens (tertiary/aromatic N) is 1. The van der Waals surface area contributed by atoms with Crippen LogP contribution in [-0.2, 0) is 9.53 Å². The molecule has 1 aromatic carbocycles. The van der Waals surface area contributed by atoms with E-state index in [9.17, 15) is 4.79 Å². The molecule has 1 amide bonds. The molecule has 5 nitrogen and oxygen atoms in total. The highest BCUT2D eigenvalue weighted by Gasteiger charge is 2.48. The molecule has 5 heteroatoms. The molecule has 0 radical (unpaired) electrons. The Kier molecular flexibility index (Phi) is 7.58. The standard InChI is InChI=1S/C24H38N2O3/c1-5-13-29-24(4,20-6-7-20)23(27)25-21-8-10-22(11-9-21)28-14-12-26-16-18(2)15-19(3)17-26/h8-11,18-20H,5-7,12-17H2,1-4H3,(H,25,27)/t18-,19-,24-/m0/s1. The Labute approximate surface area is 176 Å². The summed E-state index contributed by atoms with van der Waals surface area (Å²) in [5.74, 6) is 2.66. The molecule has 1 saturated carbocycles. The number of anilines is 1. The first-order chi connectivity index (χ1) is 13.9. The molecule has 162 valence electrons. The molecule has 1 aliphatic carbocycles. The minimum absolute atomic E-state index is 0.0459. The number of ether oxygens (including phenoxy) is 2. The number of carbonyl (C=O) groups is 1. The summed E-state index contributed by atoms with van der Waals surface area (Å²) in [7, 11) is 0. The third-order valence-corrected chi connectivity index (χ3v) is 6.15. The molecule has 3 atom stereocenters. The van der Waals surface area contributed by atoms with Gasteiger partial charge in [-0.1, -0.05) is 20.8 Å². The van der Waals surface area contributed by atoms with Crippen LogP contribution in [-0.4, -0.2) is 49.3 Å². The van der Waals surface area contributed by atoms with Crippen LogP contribution in [0.1, 0.15) is 53.4 Å². The summed E-state index contributed by atoms with van der Waals surface area (Å²) in [5, 5.41) is 3.03. The SMILES string of the molecule is CCCO[C@](C)(C(=O)Nc1ccc(OCCN2C[C@@H](C)C[C@H](C)C2)cc1)C1CC1. The summed E-state index contributed by atoms with van der Waals surface area (Å²) in [6, 6.07) is 7.67. The van der Waals surface area contributed by atoms with Gasteiger partial charge in [-0.25, -0.2) is 0 Å². The molecule has 0 spiro atoms. The Morgan fingerprint density at radius 1 is 1.14 bits per heavy atom. The number of benzene rings is 1. The molecule has 1 aliphatic heterocycles. The first kappa shape index (κ1) is 22.1. The zero-order valence-electron chi connectivity index (χ0n) is 18.6. The topological polar surface area (TPSA) is 50.8 Å². The van der Waals surface area contributed by atoms with Gasteiger partial charge in [0.2, 0.25) is 0 Å². The second-order valence-corrected chi connectivity index (χ2v) is 9.26. The van der Waals surface area contributed by atoms with E-state index in [1.165, 1.54) is 19.5 Å². The molecule has 2 aliphatic rings. The highest BCUT2D eigenvalue weighted by Crippen LogP contribution is 2.42. The Morgan fingerprint density at radius 3 is 2.38 bits per heavy atom. The second-order valence-electron chi connectivity index (χ2n) is 9.26. The molecule has 1 saturated heterocycles. The molecule has 1 heterocycles. The predicted molar refractivity (Wildman–Crippen MR) is 117 cm³/mol. The van der Waals surface area contributed by atoms with E-state index in [1.54, 1.807) is 0 Å². The molecule has 1 N–H and O–H groups in total. The van der Waals surface area contributed by atoms with Crippen molar-refractivity contribution in [3.63, 3.8) is 0 Å². The van der Waals surface area contributed by atoms with Crippen LogP contribution in [0.3, 0.4) is 0 Å². The van der Waals surface area contributed by atoms with Gasteiger partial charge in [0.15, 0.2) is 0 Å². The van der Waals surface area contributed by atoms with Gasteiger partial charge in [-0.2, -0.15) is 0 Å². The lowest BCUT2D eigenvalue weighted by atomic mass is 9.92. The van der Waals surface area contributed by atoms with E-state index in [0.717, 1.165) is 49.1 Å². The Bertz CT molecular complexity index is 649. The number of nitrogens with one attached hydrogen (secondary N) is 1. The lowest BCUT2D eigenvalue weighted by Gasteiger charge is -2.34. The summed E-state index contributed by atoms with van der Waals surface area (Å²) in [6.45, 7) is 13.2. The van der Waals surface area contributed by atoms with Crippen molar-refractivity contribution in [2.75, 3.05) is 38.2 Å². The van der Waals surface area contributed by atoms with Gasteiger partial charge < -0.3 is 14.8 Å². The number of hydrogen-bond donors (Lipinski definition) is 1. The Balaban J connectivity index is 1.46. The zero-order valence-corrected chi connectivity index (χ0v) is 18.6. The smallest absolute Gasteiger partial charge is 0.256 e. The van der Waals surface area contributed by atoms with Gasteiger partial charge in [-0.3, -0.25) is 9.69 Å². The van der Waals surface area contributed by atoms with E-state index in [4.69, 9.17) is 9.47 Å². The fourth-order valence-corrected chi connectivity index (χ4v) is 4.47. The molecule has 3 rings (SSSR count). The maximum absolute atomic E-state index is 12.8. The number of likely N-dealkylation sites (tertiary alicyclic amines) is 1. The van der Waals surface area contributed by atoms with E-state index in [1.807, 2.05) is 31.2 Å². The monoisotopic (exact) mass is 402 g/mol. The lowest BCUT2D eigenvalue weighted by Crippen LogP contribution is -2.45.